The number of hydrogen-bond donors (Lipinski definition) is 1. The van der Waals surface area contributed by atoms with E-state index in [1.54, 1.807) is 20.8 Å². The first-order chi connectivity index (χ1) is 11.4. The summed E-state index contributed by atoms with van der Waals surface area (Å²) in [5.74, 6) is -1.24. The first-order valence-electron chi connectivity index (χ1n) is 7.49. The summed E-state index contributed by atoms with van der Waals surface area (Å²) in [5, 5.41) is 9.30. The molecule has 0 saturated heterocycles. The minimum Gasteiger partial charge on any atom is -0.479 e. The molecule has 0 bridgehead atoms. The molecule has 1 N–H and O–H groups in total. The van der Waals surface area contributed by atoms with Gasteiger partial charge in [0.25, 0.3) is 0 Å². The fraction of sp³-hybridized carbons (Fsp3) is 0.412. The maximum Gasteiger partial charge on any atom is 0.416 e. The van der Waals surface area contributed by atoms with E-state index in [-0.39, 0.29) is 6.54 Å². The highest BCUT2D eigenvalue weighted by Crippen LogP contribution is 2.32. The number of carbonyl (C=O) groups is 2. The minimum atomic E-state index is -4.45. The molecule has 25 heavy (non-hydrogen) atoms. The summed E-state index contributed by atoms with van der Waals surface area (Å²) >= 11 is 0. The van der Waals surface area contributed by atoms with Gasteiger partial charge in [-0.25, -0.2) is 9.59 Å². The van der Waals surface area contributed by atoms with Gasteiger partial charge in [-0.15, -0.1) is 0 Å². The van der Waals surface area contributed by atoms with Crippen molar-refractivity contribution in [2.24, 2.45) is 0 Å². The molecule has 1 heterocycles. The number of alkyl halides is 3. The Hall–Kier alpha value is -2.51. The first kappa shape index (κ1) is 18.8. The van der Waals surface area contributed by atoms with Crippen LogP contribution in [0.25, 0.3) is 5.57 Å². The second-order valence-corrected chi connectivity index (χ2v) is 6.66. The van der Waals surface area contributed by atoms with E-state index in [4.69, 9.17) is 4.74 Å². The van der Waals surface area contributed by atoms with E-state index in [1.807, 2.05) is 0 Å². The Bertz CT molecular complexity index is 702. The zero-order valence-electron chi connectivity index (χ0n) is 13.9. The van der Waals surface area contributed by atoms with E-state index in [0.29, 0.717) is 11.1 Å². The largest absolute Gasteiger partial charge is 0.479 e. The van der Waals surface area contributed by atoms with Crippen molar-refractivity contribution in [3.05, 3.63) is 41.5 Å². The third kappa shape index (κ3) is 4.52. The number of benzene rings is 1. The summed E-state index contributed by atoms with van der Waals surface area (Å²) in [6, 6.07) is 3.12. The van der Waals surface area contributed by atoms with Crippen LogP contribution in [0.3, 0.4) is 0 Å². The van der Waals surface area contributed by atoms with E-state index in [0.717, 1.165) is 17.0 Å². The van der Waals surface area contributed by atoms with Crippen molar-refractivity contribution in [1.82, 2.24) is 4.90 Å². The normalized spacial score (nSPS) is 18.1. The van der Waals surface area contributed by atoms with Crippen molar-refractivity contribution < 1.29 is 32.6 Å². The number of halogens is 3. The Labute approximate surface area is 142 Å². The fourth-order valence-corrected chi connectivity index (χ4v) is 2.38. The van der Waals surface area contributed by atoms with Gasteiger partial charge in [-0.1, -0.05) is 12.1 Å². The lowest BCUT2D eigenvalue weighted by atomic mass is 10.0. The minimum absolute atomic E-state index is 0.0583. The smallest absolute Gasteiger partial charge is 0.416 e. The summed E-state index contributed by atoms with van der Waals surface area (Å²) in [6.07, 6.45) is -3.90. The summed E-state index contributed by atoms with van der Waals surface area (Å²) in [7, 11) is 0. The van der Waals surface area contributed by atoms with Gasteiger partial charge in [-0.05, 0) is 50.1 Å². The number of hydrogen-bond acceptors (Lipinski definition) is 3. The predicted molar refractivity (Wildman–Crippen MR) is 83.8 cm³/mol. The van der Waals surface area contributed by atoms with Gasteiger partial charge in [0, 0.05) is 0 Å². The van der Waals surface area contributed by atoms with Crippen LogP contribution in [0.4, 0.5) is 18.0 Å². The van der Waals surface area contributed by atoms with Gasteiger partial charge in [-0.3, -0.25) is 4.90 Å². The molecule has 2 rings (SSSR count). The molecule has 8 heteroatoms. The standard InChI is InChI=1S/C17H18F3NO4/c1-16(2,3)25-15(24)21-9-11(8-13(21)14(22)23)10-4-6-12(7-5-10)17(18,19)20/h4-8,13H,9H2,1-3H3,(H,22,23)/t13-/m1/s1. The Kier molecular flexibility index (Phi) is 4.83. The van der Waals surface area contributed by atoms with Crippen LogP contribution in [-0.2, 0) is 15.7 Å². The lowest BCUT2D eigenvalue weighted by Gasteiger charge is -2.27. The van der Waals surface area contributed by atoms with Crippen molar-refractivity contribution >= 4 is 17.6 Å². The summed E-state index contributed by atoms with van der Waals surface area (Å²) in [5.41, 5.74) is -0.719. The number of ether oxygens (including phenoxy) is 1. The Morgan fingerprint density at radius 3 is 2.16 bits per heavy atom. The number of amides is 1. The average Bonchev–Trinajstić information content (AvgIpc) is 2.90. The number of rotatable bonds is 2. The second-order valence-electron chi connectivity index (χ2n) is 6.66. The van der Waals surface area contributed by atoms with Crippen LogP contribution in [0.2, 0.25) is 0 Å². The molecule has 0 spiro atoms. The van der Waals surface area contributed by atoms with Gasteiger partial charge in [0.1, 0.15) is 5.60 Å². The van der Waals surface area contributed by atoms with Crippen molar-refractivity contribution in [2.75, 3.05) is 6.54 Å². The van der Waals surface area contributed by atoms with Gasteiger partial charge < -0.3 is 9.84 Å². The van der Waals surface area contributed by atoms with Gasteiger partial charge in [0.05, 0.1) is 12.1 Å². The molecule has 0 radical (unpaired) electrons. The highest BCUT2D eigenvalue weighted by atomic mass is 19.4. The molecule has 1 amide bonds. The predicted octanol–water partition coefficient (Wildman–Crippen LogP) is 3.79. The van der Waals surface area contributed by atoms with Gasteiger partial charge >= 0.3 is 18.2 Å². The van der Waals surface area contributed by atoms with Crippen molar-refractivity contribution in [1.29, 1.82) is 0 Å². The molecule has 0 fully saturated rings. The van der Waals surface area contributed by atoms with E-state index in [9.17, 15) is 27.9 Å². The highest BCUT2D eigenvalue weighted by molar-refractivity contribution is 5.89. The number of carboxylic acid groups (broad SMARTS) is 1. The van der Waals surface area contributed by atoms with Crippen LogP contribution >= 0.6 is 0 Å². The van der Waals surface area contributed by atoms with E-state index < -0.39 is 35.4 Å². The van der Waals surface area contributed by atoms with E-state index >= 15 is 0 Å². The van der Waals surface area contributed by atoms with Crippen LogP contribution < -0.4 is 0 Å². The molecule has 0 aliphatic carbocycles. The van der Waals surface area contributed by atoms with E-state index in [1.165, 1.54) is 18.2 Å². The second kappa shape index (κ2) is 6.42. The number of carbonyl (C=O) groups excluding carboxylic acids is 1. The molecule has 1 atom stereocenters. The molecular weight excluding hydrogens is 339 g/mol. The lowest BCUT2D eigenvalue weighted by molar-refractivity contribution is -0.140. The van der Waals surface area contributed by atoms with Crippen molar-refractivity contribution in [2.45, 2.75) is 38.6 Å². The molecule has 1 aliphatic rings. The third-order valence-electron chi connectivity index (χ3n) is 3.50. The Morgan fingerprint density at radius 1 is 1.16 bits per heavy atom. The number of nitrogens with zero attached hydrogens (tertiary/aromatic N) is 1. The SMILES string of the molecule is CC(C)(C)OC(=O)N1CC(c2ccc(C(F)(F)F)cc2)=C[C@@H]1C(=O)O. The maximum atomic E-state index is 12.6. The third-order valence-corrected chi connectivity index (χ3v) is 3.50. The average molecular weight is 357 g/mol. The lowest BCUT2D eigenvalue weighted by Crippen LogP contribution is -2.43. The van der Waals surface area contributed by atoms with Crippen molar-refractivity contribution in [3.63, 3.8) is 0 Å². The molecule has 0 unspecified atom stereocenters. The summed E-state index contributed by atoms with van der Waals surface area (Å²) < 4.78 is 43.1. The van der Waals surface area contributed by atoms with Crippen LogP contribution in [0.5, 0.6) is 0 Å². The highest BCUT2D eigenvalue weighted by Gasteiger charge is 2.37. The van der Waals surface area contributed by atoms with E-state index in [2.05, 4.69) is 0 Å². The zero-order valence-corrected chi connectivity index (χ0v) is 13.9. The molecule has 1 aliphatic heterocycles. The van der Waals surface area contributed by atoms with Crippen molar-refractivity contribution in [3.8, 4) is 0 Å². The molecule has 0 aromatic heterocycles. The quantitative estimate of drug-likeness (QED) is 0.874. The van der Waals surface area contributed by atoms with Gasteiger partial charge in [-0.2, -0.15) is 13.2 Å². The maximum absolute atomic E-state index is 12.6. The Balaban J connectivity index is 2.24. The molecule has 5 nitrogen and oxygen atoms in total. The van der Waals surface area contributed by atoms with Crippen LogP contribution in [0.15, 0.2) is 30.3 Å². The molecular formula is C17H18F3NO4. The fourth-order valence-electron chi connectivity index (χ4n) is 2.38. The van der Waals surface area contributed by atoms with Gasteiger partial charge in [0.2, 0.25) is 0 Å². The molecule has 1 aromatic carbocycles. The number of aliphatic carboxylic acids is 1. The zero-order chi connectivity index (χ0) is 19.0. The monoisotopic (exact) mass is 357 g/mol. The van der Waals surface area contributed by atoms with Gasteiger partial charge in [0.15, 0.2) is 6.04 Å². The Morgan fingerprint density at radius 2 is 1.72 bits per heavy atom. The molecule has 136 valence electrons. The molecule has 1 aromatic rings. The molecule has 0 saturated carbocycles. The van der Waals surface area contributed by atoms with Crippen LogP contribution in [-0.4, -0.2) is 40.3 Å². The van der Waals surface area contributed by atoms with Crippen LogP contribution in [0.1, 0.15) is 31.9 Å². The summed E-state index contributed by atoms with van der Waals surface area (Å²) in [6.45, 7) is 4.90. The summed E-state index contributed by atoms with van der Waals surface area (Å²) in [4.78, 5) is 24.6. The first-order valence-corrected chi connectivity index (χ1v) is 7.49. The van der Waals surface area contributed by atoms with Crippen LogP contribution in [0, 0.1) is 0 Å². The topological polar surface area (TPSA) is 66.8 Å². The number of carboxylic acids is 1.